The summed E-state index contributed by atoms with van der Waals surface area (Å²) < 4.78 is 10.8. The molecule has 3 heteroatoms. The molecule has 3 fully saturated rings. The van der Waals surface area contributed by atoms with Gasteiger partial charge in [-0.2, -0.15) is 0 Å². The van der Waals surface area contributed by atoms with Crippen molar-refractivity contribution in [3.63, 3.8) is 0 Å². The summed E-state index contributed by atoms with van der Waals surface area (Å²) in [6.45, 7) is 0. The third-order valence-electron chi connectivity index (χ3n) is 3.63. The summed E-state index contributed by atoms with van der Waals surface area (Å²) in [5.41, 5.74) is 0.711. The van der Waals surface area contributed by atoms with E-state index >= 15 is 0 Å². The number of carbonyl (C=O) groups is 1. The molecule has 2 aliphatic heterocycles. The van der Waals surface area contributed by atoms with Crippen molar-refractivity contribution in [2.75, 3.05) is 0 Å². The predicted molar refractivity (Wildman–Crippen MR) is 43.2 cm³/mol. The minimum absolute atomic E-state index is 0.0936. The first-order chi connectivity index (χ1) is 6.32. The number of ether oxygens (including phenoxy) is 2. The number of Topliss-reactive ketones (excluding diaryl/α,β-unsaturated/α-hetero) is 1. The van der Waals surface area contributed by atoms with Gasteiger partial charge in [0.2, 0.25) is 5.78 Å². The number of carbonyl (C=O) groups excluding carboxylic acids is 1. The second kappa shape index (κ2) is 1.74. The molecule has 2 aliphatic carbocycles. The van der Waals surface area contributed by atoms with Crippen molar-refractivity contribution in [2.45, 2.75) is 43.2 Å². The molecule has 4 atom stereocenters. The second-order valence-electron chi connectivity index (χ2n) is 4.31. The van der Waals surface area contributed by atoms with Crippen molar-refractivity contribution in [1.82, 2.24) is 0 Å². The molecule has 4 aliphatic rings. The summed E-state index contributed by atoms with van der Waals surface area (Å²) in [6.07, 6.45) is 5.46. The number of epoxide rings is 2. The van der Waals surface area contributed by atoms with Crippen LogP contribution >= 0.6 is 0 Å². The molecular formula is C10H10O3. The average molecular weight is 178 g/mol. The zero-order valence-corrected chi connectivity index (χ0v) is 7.16. The molecule has 1 spiro atoms. The number of hydrogen-bond acceptors (Lipinski definition) is 3. The van der Waals surface area contributed by atoms with Gasteiger partial charge in [0.1, 0.15) is 12.2 Å². The highest BCUT2D eigenvalue weighted by Gasteiger charge is 2.72. The highest BCUT2D eigenvalue weighted by atomic mass is 16.6. The van der Waals surface area contributed by atoms with Gasteiger partial charge < -0.3 is 9.47 Å². The van der Waals surface area contributed by atoms with Crippen LogP contribution in [0, 0.1) is 0 Å². The Kier molecular flexibility index (Phi) is 0.903. The first kappa shape index (κ1) is 6.74. The van der Waals surface area contributed by atoms with Gasteiger partial charge in [-0.05, 0) is 24.8 Å². The summed E-state index contributed by atoms with van der Waals surface area (Å²) in [5, 5.41) is 0. The molecule has 0 radical (unpaired) electrons. The molecule has 0 N–H and O–H groups in total. The molecule has 0 aromatic rings. The summed E-state index contributed by atoms with van der Waals surface area (Å²) >= 11 is 0. The van der Waals surface area contributed by atoms with Crippen molar-refractivity contribution in [1.29, 1.82) is 0 Å². The first-order valence-electron chi connectivity index (χ1n) is 4.91. The topological polar surface area (TPSA) is 42.1 Å². The molecule has 0 aromatic heterocycles. The van der Waals surface area contributed by atoms with Gasteiger partial charge in [-0.25, -0.2) is 0 Å². The highest BCUT2D eigenvalue weighted by Crippen LogP contribution is 2.57. The predicted octanol–water partition coefficient (Wildman–Crippen LogP) is 0.584. The van der Waals surface area contributed by atoms with Crippen LogP contribution in [0.4, 0.5) is 0 Å². The Balaban J connectivity index is 1.87. The van der Waals surface area contributed by atoms with E-state index in [4.69, 9.17) is 9.47 Å². The van der Waals surface area contributed by atoms with E-state index in [2.05, 4.69) is 6.08 Å². The Bertz CT molecular complexity index is 346. The van der Waals surface area contributed by atoms with Gasteiger partial charge in [-0.1, -0.05) is 6.08 Å². The molecule has 4 rings (SSSR count). The van der Waals surface area contributed by atoms with Crippen LogP contribution in [0.25, 0.3) is 0 Å². The molecule has 3 nitrogen and oxygen atoms in total. The molecular weight excluding hydrogens is 168 g/mol. The third kappa shape index (κ3) is 0.606. The largest absolute Gasteiger partial charge is 0.357 e. The van der Waals surface area contributed by atoms with Gasteiger partial charge in [0.25, 0.3) is 0 Å². The summed E-state index contributed by atoms with van der Waals surface area (Å²) in [4.78, 5) is 11.9. The average Bonchev–Trinajstić information content (AvgIpc) is 2.95. The van der Waals surface area contributed by atoms with Gasteiger partial charge in [-0.3, -0.25) is 4.79 Å². The lowest BCUT2D eigenvalue weighted by Gasteiger charge is -2.21. The third-order valence-corrected chi connectivity index (χ3v) is 3.63. The zero-order valence-electron chi connectivity index (χ0n) is 7.16. The van der Waals surface area contributed by atoms with Gasteiger partial charge >= 0.3 is 0 Å². The summed E-state index contributed by atoms with van der Waals surface area (Å²) in [6, 6.07) is 0. The van der Waals surface area contributed by atoms with E-state index in [-0.39, 0.29) is 24.1 Å². The van der Waals surface area contributed by atoms with Crippen molar-refractivity contribution in [3.8, 4) is 0 Å². The SMILES string of the molecule is O=C1C2OC2C=C2CCCC3OC123. The van der Waals surface area contributed by atoms with Crippen LogP contribution in [0.15, 0.2) is 11.6 Å². The fraction of sp³-hybridized carbons (Fsp3) is 0.700. The summed E-state index contributed by atoms with van der Waals surface area (Å²) in [7, 11) is 0. The standard InChI is InChI=1S/C10H10O3/c11-9-8-6(12-8)4-5-2-1-3-7-10(5,9)13-7/h4,6-8H,1-3H2. The molecule has 68 valence electrons. The van der Waals surface area contributed by atoms with Gasteiger partial charge in [0.05, 0.1) is 6.10 Å². The molecule has 0 amide bonds. The maximum absolute atomic E-state index is 11.9. The highest BCUT2D eigenvalue weighted by molar-refractivity contribution is 6.01. The molecule has 1 saturated carbocycles. The number of hydrogen-bond donors (Lipinski definition) is 0. The van der Waals surface area contributed by atoms with E-state index in [1.54, 1.807) is 0 Å². The monoisotopic (exact) mass is 178 g/mol. The van der Waals surface area contributed by atoms with Crippen LogP contribution in [-0.2, 0) is 14.3 Å². The van der Waals surface area contributed by atoms with E-state index in [0.29, 0.717) is 0 Å². The Morgan fingerprint density at radius 1 is 1.54 bits per heavy atom. The lowest BCUT2D eigenvalue weighted by molar-refractivity contribution is -0.124. The lowest BCUT2D eigenvalue weighted by atomic mass is 9.76. The van der Waals surface area contributed by atoms with E-state index < -0.39 is 5.60 Å². The van der Waals surface area contributed by atoms with Crippen LogP contribution in [0.3, 0.4) is 0 Å². The Labute approximate surface area is 75.7 Å². The Morgan fingerprint density at radius 3 is 3.38 bits per heavy atom. The first-order valence-corrected chi connectivity index (χ1v) is 4.91. The van der Waals surface area contributed by atoms with Crippen LogP contribution in [0.5, 0.6) is 0 Å². The van der Waals surface area contributed by atoms with Crippen LogP contribution in [0.2, 0.25) is 0 Å². The van der Waals surface area contributed by atoms with Gasteiger partial charge in [0, 0.05) is 0 Å². The lowest BCUT2D eigenvalue weighted by Crippen LogP contribution is -2.39. The van der Waals surface area contributed by atoms with E-state index in [1.807, 2.05) is 0 Å². The molecule has 13 heavy (non-hydrogen) atoms. The van der Waals surface area contributed by atoms with Crippen molar-refractivity contribution >= 4 is 5.78 Å². The number of ketones is 1. The fourth-order valence-corrected chi connectivity index (χ4v) is 2.85. The van der Waals surface area contributed by atoms with Crippen LogP contribution in [-0.4, -0.2) is 29.7 Å². The minimum atomic E-state index is -0.490. The maximum Gasteiger partial charge on any atom is 0.203 e. The quantitative estimate of drug-likeness (QED) is 0.402. The zero-order chi connectivity index (χ0) is 8.63. The molecule has 2 saturated heterocycles. The Morgan fingerprint density at radius 2 is 2.46 bits per heavy atom. The molecule has 2 heterocycles. The molecule has 4 unspecified atom stereocenters. The van der Waals surface area contributed by atoms with Crippen molar-refractivity contribution < 1.29 is 14.3 Å². The van der Waals surface area contributed by atoms with Crippen molar-refractivity contribution in [3.05, 3.63) is 11.6 Å². The minimum Gasteiger partial charge on any atom is -0.357 e. The van der Waals surface area contributed by atoms with E-state index in [9.17, 15) is 4.79 Å². The smallest absolute Gasteiger partial charge is 0.203 e. The van der Waals surface area contributed by atoms with Gasteiger partial charge in [0.15, 0.2) is 5.60 Å². The summed E-state index contributed by atoms with van der Waals surface area (Å²) in [5.74, 6) is 0.194. The second-order valence-corrected chi connectivity index (χ2v) is 4.31. The van der Waals surface area contributed by atoms with E-state index in [1.165, 1.54) is 5.57 Å². The molecule has 0 bridgehead atoms. The van der Waals surface area contributed by atoms with Crippen molar-refractivity contribution in [2.24, 2.45) is 0 Å². The maximum atomic E-state index is 11.9. The van der Waals surface area contributed by atoms with Crippen LogP contribution < -0.4 is 0 Å². The normalized spacial score (nSPS) is 55.8. The molecule has 0 aromatic carbocycles. The number of fused-ring (bicyclic) bond motifs is 1. The van der Waals surface area contributed by atoms with Crippen LogP contribution in [0.1, 0.15) is 19.3 Å². The number of rotatable bonds is 0. The Hall–Kier alpha value is -0.670. The van der Waals surface area contributed by atoms with E-state index in [0.717, 1.165) is 19.3 Å². The van der Waals surface area contributed by atoms with Gasteiger partial charge in [-0.15, -0.1) is 0 Å². The fourth-order valence-electron chi connectivity index (χ4n) is 2.85.